The van der Waals surface area contributed by atoms with E-state index >= 15 is 0 Å². The number of rotatable bonds is 7. The molecule has 0 bridgehead atoms. The first kappa shape index (κ1) is 30.6. The summed E-state index contributed by atoms with van der Waals surface area (Å²) < 4.78 is 47.6. The molecule has 0 aliphatic carbocycles. The summed E-state index contributed by atoms with van der Waals surface area (Å²) in [5.74, 6) is -2.12. The molecule has 3 aromatic rings. The van der Waals surface area contributed by atoms with Crippen LogP contribution in [-0.2, 0) is 19.0 Å². The van der Waals surface area contributed by atoms with Crippen LogP contribution in [0.4, 0.5) is 14.5 Å². The average molecular weight is 653 g/mol. The van der Waals surface area contributed by atoms with Crippen molar-refractivity contribution in [3.05, 3.63) is 63.8 Å². The molecule has 7 atom stereocenters. The minimum Gasteiger partial charge on any atom is -0.394 e. The van der Waals surface area contributed by atoms with Crippen molar-refractivity contribution < 1.29 is 43.1 Å². The predicted molar refractivity (Wildman–Crippen MR) is 149 cm³/mol. The Morgan fingerprint density at radius 2 is 1.88 bits per heavy atom. The summed E-state index contributed by atoms with van der Waals surface area (Å²) in [5.41, 5.74) is 1.41. The minimum absolute atomic E-state index is 0.0310. The van der Waals surface area contributed by atoms with Gasteiger partial charge in [-0.05, 0) is 49.7 Å². The molecule has 5 unspecified atom stereocenters. The lowest BCUT2D eigenvalue weighted by molar-refractivity contribution is -0.211. The number of aromatic nitrogens is 3. The van der Waals surface area contributed by atoms with E-state index in [4.69, 9.17) is 14.2 Å². The largest absolute Gasteiger partial charge is 0.394 e. The van der Waals surface area contributed by atoms with Gasteiger partial charge in [-0.1, -0.05) is 21.1 Å². The molecule has 5 rings (SSSR count). The van der Waals surface area contributed by atoms with Crippen molar-refractivity contribution in [3.63, 3.8) is 0 Å². The second-order valence-corrected chi connectivity index (χ2v) is 11.4. The van der Waals surface area contributed by atoms with E-state index in [1.54, 1.807) is 12.1 Å². The molecule has 1 amide bonds. The highest BCUT2D eigenvalue weighted by molar-refractivity contribution is 9.10. The molecule has 0 radical (unpaired) electrons. The molecule has 0 spiro atoms. The Balaban J connectivity index is 1.54. The van der Waals surface area contributed by atoms with Gasteiger partial charge in [-0.25, -0.2) is 13.5 Å². The van der Waals surface area contributed by atoms with Gasteiger partial charge in [-0.15, -0.1) is 5.10 Å². The molecule has 14 heteroatoms. The van der Waals surface area contributed by atoms with E-state index in [0.717, 1.165) is 17.7 Å². The van der Waals surface area contributed by atoms with Crippen LogP contribution in [0.1, 0.15) is 17.2 Å². The lowest BCUT2D eigenvalue weighted by atomic mass is 9.91. The van der Waals surface area contributed by atoms with Gasteiger partial charge in [0.05, 0.1) is 32.1 Å². The fourth-order valence-electron chi connectivity index (χ4n) is 5.46. The summed E-state index contributed by atoms with van der Waals surface area (Å²) >= 11 is 3.46. The fourth-order valence-corrected chi connectivity index (χ4v) is 6.06. The van der Waals surface area contributed by atoms with Crippen LogP contribution in [-0.4, -0.2) is 99.7 Å². The second-order valence-electron chi connectivity index (χ2n) is 10.5. The smallest absolute Gasteiger partial charge is 0.259 e. The molecular weight excluding hydrogens is 622 g/mol. The van der Waals surface area contributed by atoms with Crippen LogP contribution < -0.4 is 4.90 Å². The third-order valence-electron chi connectivity index (χ3n) is 7.67. The average Bonchev–Trinajstić information content (AvgIpc) is 3.60. The zero-order valence-electron chi connectivity index (χ0n) is 23.0. The van der Waals surface area contributed by atoms with E-state index in [1.807, 2.05) is 13.0 Å². The van der Waals surface area contributed by atoms with E-state index in [1.165, 1.54) is 29.8 Å². The number of amides is 1. The molecule has 1 aromatic heterocycles. The molecule has 2 fully saturated rings. The van der Waals surface area contributed by atoms with Crippen LogP contribution in [0.2, 0.25) is 0 Å². The molecule has 226 valence electrons. The normalized spacial score (nSPS) is 27.8. The van der Waals surface area contributed by atoms with E-state index < -0.39 is 66.8 Å². The van der Waals surface area contributed by atoms with Crippen LogP contribution in [0.15, 0.2) is 41.0 Å². The van der Waals surface area contributed by atoms with Crippen LogP contribution >= 0.6 is 15.9 Å². The van der Waals surface area contributed by atoms with Crippen LogP contribution in [0.5, 0.6) is 0 Å². The third kappa shape index (κ3) is 5.72. The zero-order chi connectivity index (χ0) is 30.3. The van der Waals surface area contributed by atoms with Crippen molar-refractivity contribution in [2.75, 3.05) is 31.8 Å². The Morgan fingerprint density at radius 1 is 1.17 bits per heavy atom. The van der Waals surface area contributed by atoms with Gasteiger partial charge in [0, 0.05) is 28.4 Å². The summed E-state index contributed by atoms with van der Waals surface area (Å²) in [6.07, 6.45) is -4.79. The molecule has 2 aromatic carbocycles. The number of aryl methyl sites for hydroxylation is 1. The number of methoxy groups -OCH3 is 1. The summed E-state index contributed by atoms with van der Waals surface area (Å²) in [7, 11) is 1.33. The van der Waals surface area contributed by atoms with E-state index in [9.17, 15) is 28.9 Å². The maximum Gasteiger partial charge on any atom is 0.259 e. The Morgan fingerprint density at radius 3 is 2.48 bits per heavy atom. The molecule has 2 aliphatic heterocycles. The zero-order valence-corrected chi connectivity index (χ0v) is 24.6. The monoisotopic (exact) mass is 652 g/mol. The number of ether oxygens (including phenoxy) is 3. The third-order valence-corrected chi connectivity index (χ3v) is 8.13. The molecule has 42 heavy (non-hydrogen) atoms. The van der Waals surface area contributed by atoms with E-state index in [-0.39, 0.29) is 30.0 Å². The summed E-state index contributed by atoms with van der Waals surface area (Å²) in [5, 5.41) is 40.1. The Hall–Kier alpha value is -2.85. The van der Waals surface area contributed by atoms with Gasteiger partial charge in [-0.2, -0.15) is 0 Å². The summed E-state index contributed by atoms with van der Waals surface area (Å²) in [6.45, 7) is 2.63. The quantitative estimate of drug-likeness (QED) is 0.350. The number of carbonyl (C=O) groups is 1. The molecule has 11 nitrogen and oxygen atoms in total. The fraction of sp³-hybridized carbons (Fsp3) is 0.464. The van der Waals surface area contributed by atoms with Crippen LogP contribution in [0.25, 0.3) is 11.3 Å². The van der Waals surface area contributed by atoms with Crippen molar-refractivity contribution in [2.45, 2.75) is 56.5 Å². The number of carbonyl (C=O) groups excluding carboxylic acids is 1. The molecular formula is C28H31BrF2N4O7. The van der Waals surface area contributed by atoms with Gasteiger partial charge in [-0.3, -0.25) is 4.79 Å². The molecule has 0 saturated carbocycles. The van der Waals surface area contributed by atoms with E-state index in [0.29, 0.717) is 10.2 Å². The first-order valence-corrected chi connectivity index (χ1v) is 14.0. The topological polar surface area (TPSA) is 139 Å². The van der Waals surface area contributed by atoms with Gasteiger partial charge in [0.2, 0.25) is 0 Å². The predicted octanol–water partition coefficient (Wildman–Crippen LogP) is 2.07. The number of hydrogen-bond acceptors (Lipinski definition) is 9. The van der Waals surface area contributed by atoms with E-state index in [2.05, 4.69) is 26.2 Å². The highest BCUT2D eigenvalue weighted by Gasteiger charge is 2.52. The van der Waals surface area contributed by atoms with Crippen molar-refractivity contribution in [1.82, 2.24) is 15.0 Å². The molecule has 3 heterocycles. The SMILES string of the molecule is COC1C(C(=O)N(c2cc(C)cc(Br)c2)[C@H]2COC[C@@H]2O)OC(CO)C(O)C1n1cc(-c2cc(F)c(C)c(F)c2)nn1. The van der Waals surface area contributed by atoms with Gasteiger partial charge in [0.1, 0.15) is 47.8 Å². The van der Waals surface area contributed by atoms with Crippen LogP contribution in [0.3, 0.4) is 0 Å². The van der Waals surface area contributed by atoms with Gasteiger partial charge in [0.15, 0.2) is 6.10 Å². The van der Waals surface area contributed by atoms with Gasteiger partial charge < -0.3 is 34.4 Å². The maximum atomic E-state index is 14.3. The Kier molecular flexibility index (Phi) is 9.04. The molecule has 2 aliphatic rings. The number of nitrogens with zero attached hydrogens (tertiary/aromatic N) is 4. The number of hydrogen-bond donors (Lipinski definition) is 3. The van der Waals surface area contributed by atoms with Gasteiger partial charge in [0.25, 0.3) is 5.91 Å². The number of aliphatic hydroxyl groups excluding tert-OH is 3. The lowest BCUT2D eigenvalue weighted by Gasteiger charge is -2.45. The summed E-state index contributed by atoms with van der Waals surface area (Å²) in [4.78, 5) is 15.7. The van der Waals surface area contributed by atoms with Crippen molar-refractivity contribution >= 4 is 27.5 Å². The first-order chi connectivity index (χ1) is 20.0. The number of halogens is 3. The maximum absolute atomic E-state index is 14.3. The van der Waals surface area contributed by atoms with Crippen molar-refractivity contribution in [2.24, 2.45) is 0 Å². The Labute approximate surface area is 248 Å². The Bertz CT molecular complexity index is 1420. The van der Waals surface area contributed by atoms with Crippen molar-refractivity contribution in [3.8, 4) is 11.3 Å². The second kappa shape index (κ2) is 12.4. The first-order valence-electron chi connectivity index (χ1n) is 13.2. The lowest BCUT2D eigenvalue weighted by Crippen LogP contribution is -2.63. The van der Waals surface area contributed by atoms with Gasteiger partial charge >= 0.3 is 0 Å². The number of aliphatic hydroxyl groups is 3. The molecule has 3 N–H and O–H groups in total. The molecule has 2 saturated heterocycles. The minimum atomic E-state index is -1.41. The summed E-state index contributed by atoms with van der Waals surface area (Å²) in [6, 6.07) is 5.75. The standard InChI is InChI=1S/C28H31BrF2N4O7/c1-13-4-16(29)8-17(5-13)35(21-11-41-12-22(21)37)28(39)27-26(40-3)24(25(38)23(10-36)42-27)34-9-20(32-33-34)15-6-18(30)14(2)19(31)7-15/h4-9,21-27,36-38H,10-12H2,1-3H3/t21-,22-,23?,24?,25?,26?,27?/m0/s1. The number of benzene rings is 2. The van der Waals surface area contributed by atoms with Crippen molar-refractivity contribution in [1.29, 1.82) is 0 Å². The highest BCUT2D eigenvalue weighted by Crippen LogP contribution is 2.36. The highest BCUT2D eigenvalue weighted by atomic mass is 79.9. The van der Waals surface area contributed by atoms with Crippen LogP contribution in [0, 0.1) is 25.5 Å². The number of anilines is 1.